The van der Waals surface area contributed by atoms with E-state index in [4.69, 9.17) is 5.11 Å². The van der Waals surface area contributed by atoms with E-state index in [1.54, 1.807) is 6.92 Å². The molecule has 2 amide bonds. The third kappa shape index (κ3) is 5.09. The SMILES string of the molecule is C/C=C/CCNC(=O)NCc1nc(C)c(C(=O)O)s1. The molecule has 7 heteroatoms. The third-order valence-corrected chi connectivity index (χ3v) is 3.41. The Morgan fingerprint density at radius 2 is 2.16 bits per heavy atom. The van der Waals surface area contributed by atoms with Crippen molar-refractivity contribution in [2.24, 2.45) is 0 Å². The Morgan fingerprint density at radius 3 is 2.74 bits per heavy atom. The molecule has 1 heterocycles. The lowest BCUT2D eigenvalue weighted by Crippen LogP contribution is -2.35. The number of aryl methyl sites for hydroxylation is 1. The van der Waals surface area contributed by atoms with Gasteiger partial charge in [-0.1, -0.05) is 12.2 Å². The standard InChI is InChI=1S/C12H17N3O3S/c1-3-4-5-6-13-12(18)14-7-9-15-8(2)10(19-9)11(16)17/h3-4H,5-7H2,1-2H3,(H,16,17)(H2,13,14,18)/b4-3+. The summed E-state index contributed by atoms with van der Waals surface area (Å²) in [5.74, 6) is -0.989. The molecule has 0 bridgehead atoms. The summed E-state index contributed by atoms with van der Waals surface area (Å²) in [5.41, 5.74) is 0.475. The molecule has 0 saturated heterocycles. The topological polar surface area (TPSA) is 91.3 Å². The minimum absolute atomic E-state index is 0.213. The fourth-order valence-corrected chi connectivity index (χ4v) is 2.22. The van der Waals surface area contributed by atoms with Crippen LogP contribution in [0.1, 0.15) is 33.7 Å². The van der Waals surface area contributed by atoms with Gasteiger partial charge in [-0.25, -0.2) is 14.6 Å². The Hall–Kier alpha value is -1.89. The van der Waals surface area contributed by atoms with Crippen molar-refractivity contribution in [3.05, 3.63) is 27.7 Å². The Kier molecular flexibility index (Phi) is 6.01. The molecule has 3 N–H and O–H groups in total. The van der Waals surface area contributed by atoms with Crippen molar-refractivity contribution >= 4 is 23.3 Å². The molecular weight excluding hydrogens is 266 g/mol. The van der Waals surface area contributed by atoms with E-state index in [1.807, 2.05) is 19.1 Å². The van der Waals surface area contributed by atoms with Crippen molar-refractivity contribution in [3.63, 3.8) is 0 Å². The van der Waals surface area contributed by atoms with E-state index in [1.165, 1.54) is 0 Å². The number of nitrogens with zero attached hydrogens (tertiary/aromatic N) is 1. The molecule has 0 aliphatic carbocycles. The van der Waals surface area contributed by atoms with Crippen LogP contribution < -0.4 is 10.6 Å². The number of nitrogens with one attached hydrogen (secondary N) is 2. The predicted molar refractivity (Wildman–Crippen MR) is 73.5 cm³/mol. The molecule has 19 heavy (non-hydrogen) atoms. The zero-order chi connectivity index (χ0) is 14.3. The van der Waals surface area contributed by atoms with E-state index in [0.29, 0.717) is 17.2 Å². The van der Waals surface area contributed by atoms with Crippen LogP contribution in [0.2, 0.25) is 0 Å². The number of hydrogen-bond acceptors (Lipinski definition) is 4. The van der Waals surface area contributed by atoms with Gasteiger partial charge in [0.15, 0.2) is 0 Å². The van der Waals surface area contributed by atoms with Gasteiger partial charge in [-0.05, 0) is 20.3 Å². The van der Waals surface area contributed by atoms with Crippen molar-refractivity contribution in [2.45, 2.75) is 26.8 Å². The molecule has 1 rings (SSSR count). The molecule has 0 aromatic carbocycles. The molecular formula is C12H17N3O3S. The van der Waals surface area contributed by atoms with Gasteiger partial charge in [0.25, 0.3) is 0 Å². The number of carbonyl (C=O) groups excluding carboxylic acids is 1. The highest BCUT2D eigenvalue weighted by molar-refractivity contribution is 7.13. The first-order valence-electron chi connectivity index (χ1n) is 5.87. The van der Waals surface area contributed by atoms with Gasteiger partial charge in [0.05, 0.1) is 12.2 Å². The summed E-state index contributed by atoms with van der Waals surface area (Å²) in [7, 11) is 0. The summed E-state index contributed by atoms with van der Waals surface area (Å²) in [6.45, 7) is 4.35. The van der Waals surface area contributed by atoms with Crippen molar-refractivity contribution in [1.29, 1.82) is 0 Å². The molecule has 0 aliphatic heterocycles. The van der Waals surface area contributed by atoms with E-state index < -0.39 is 5.97 Å². The van der Waals surface area contributed by atoms with Crippen LogP contribution >= 0.6 is 11.3 Å². The first-order valence-corrected chi connectivity index (χ1v) is 6.68. The van der Waals surface area contributed by atoms with Gasteiger partial charge >= 0.3 is 12.0 Å². The molecule has 1 aromatic heterocycles. The van der Waals surface area contributed by atoms with Crippen molar-refractivity contribution < 1.29 is 14.7 Å². The Bertz CT molecular complexity index is 483. The molecule has 104 valence electrons. The van der Waals surface area contributed by atoms with Crippen molar-refractivity contribution in [1.82, 2.24) is 15.6 Å². The summed E-state index contributed by atoms with van der Waals surface area (Å²) in [4.78, 5) is 26.6. The summed E-state index contributed by atoms with van der Waals surface area (Å²) < 4.78 is 0. The highest BCUT2D eigenvalue weighted by Gasteiger charge is 2.14. The fraction of sp³-hybridized carbons (Fsp3) is 0.417. The number of amides is 2. The normalized spacial score (nSPS) is 10.6. The van der Waals surface area contributed by atoms with E-state index >= 15 is 0 Å². The van der Waals surface area contributed by atoms with Crippen LogP contribution in [0.3, 0.4) is 0 Å². The second-order valence-corrected chi connectivity index (χ2v) is 4.88. The zero-order valence-corrected chi connectivity index (χ0v) is 11.7. The Labute approximate surface area is 115 Å². The Balaban J connectivity index is 2.38. The Morgan fingerprint density at radius 1 is 1.42 bits per heavy atom. The van der Waals surface area contributed by atoms with Gasteiger partial charge in [-0.15, -0.1) is 11.3 Å². The summed E-state index contributed by atoms with van der Waals surface area (Å²) in [6.07, 6.45) is 4.67. The number of urea groups is 1. The first-order chi connectivity index (χ1) is 9.04. The maximum atomic E-state index is 11.4. The van der Waals surface area contributed by atoms with Gasteiger partial charge in [0, 0.05) is 6.54 Å². The van der Waals surface area contributed by atoms with Gasteiger partial charge in [0.1, 0.15) is 9.88 Å². The monoisotopic (exact) mass is 283 g/mol. The number of carboxylic acid groups (broad SMARTS) is 1. The number of allylic oxidation sites excluding steroid dienone is 1. The second kappa shape index (κ2) is 7.52. The summed E-state index contributed by atoms with van der Waals surface area (Å²) in [6, 6.07) is -0.283. The number of aromatic nitrogens is 1. The third-order valence-electron chi connectivity index (χ3n) is 2.27. The maximum absolute atomic E-state index is 11.4. The molecule has 0 atom stereocenters. The van der Waals surface area contributed by atoms with Gasteiger partial charge < -0.3 is 15.7 Å². The van der Waals surface area contributed by atoms with Crippen molar-refractivity contribution in [2.75, 3.05) is 6.54 Å². The molecule has 0 unspecified atom stereocenters. The average molecular weight is 283 g/mol. The number of aromatic carboxylic acids is 1. The molecule has 0 spiro atoms. The van der Waals surface area contributed by atoms with E-state index in [2.05, 4.69) is 15.6 Å². The lowest BCUT2D eigenvalue weighted by atomic mass is 10.4. The lowest BCUT2D eigenvalue weighted by Gasteiger charge is -2.04. The number of hydrogen-bond donors (Lipinski definition) is 3. The predicted octanol–water partition coefficient (Wildman–Crippen LogP) is 1.92. The highest BCUT2D eigenvalue weighted by Crippen LogP contribution is 2.17. The van der Waals surface area contributed by atoms with Crippen LogP contribution in [0.4, 0.5) is 4.79 Å². The molecule has 0 radical (unpaired) electrons. The molecule has 6 nitrogen and oxygen atoms in total. The van der Waals surface area contributed by atoms with Gasteiger partial charge in [0.2, 0.25) is 0 Å². The van der Waals surface area contributed by atoms with E-state index in [0.717, 1.165) is 17.8 Å². The average Bonchev–Trinajstić information content (AvgIpc) is 2.74. The maximum Gasteiger partial charge on any atom is 0.347 e. The van der Waals surface area contributed by atoms with Crippen LogP contribution in [-0.2, 0) is 6.54 Å². The number of carboxylic acids is 1. The largest absolute Gasteiger partial charge is 0.477 e. The fourth-order valence-electron chi connectivity index (χ4n) is 1.38. The van der Waals surface area contributed by atoms with Crippen LogP contribution in [0.25, 0.3) is 0 Å². The van der Waals surface area contributed by atoms with Crippen LogP contribution in [0.15, 0.2) is 12.2 Å². The number of rotatable bonds is 6. The quantitative estimate of drug-likeness (QED) is 0.549. The summed E-state index contributed by atoms with van der Waals surface area (Å²) >= 11 is 1.08. The lowest BCUT2D eigenvalue weighted by molar-refractivity contribution is 0.0701. The van der Waals surface area contributed by atoms with Crippen LogP contribution in [0.5, 0.6) is 0 Å². The van der Waals surface area contributed by atoms with Crippen LogP contribution in [-0.4, -0.2) is 28.6 Å². The van der Waals surface area contributed by atoms with Gasteiger partial charge in [-0.2, -0.15) is 0 Å². The van der Waals surface area contributed by atoms with E-state index in [9.17, 15) is 9.59 Å². The molecule has 0 aliphatic rings. The van der Waals surface area contributed by atoms with E-state index in [-0.39, 0.29) is 17.5 Å². The minimum atomic E-state index is -0.989. The number of thiazole rings is 1. The van der Waals surface area contributed by atoms with Crippen LogP contribution in [0, 0.1) is 6.92 Å². The first kappa shape index (κ1) is 15.2. The number of carbonyl (C=O) groups is 2. The van der Waals surface area contributed by atoms with Gasteiger partial charge in [-0.3, -0.25) is 0 Å². The molecule has 0 fully saturated rings. The molecule has 0 saturated carbocycles. The summed E-state index contributed by atoms with van der Waals surface area (Å²) in [5, 5.41) is 14.8. The van der Waals surface area contributed by atoms with Crippen molar-refractivity contribution in [3.8, 4) is 0 Å². The highest BCUT2D eigenvalue weighted by atomic mass is 32.1. The molecule has 1 aromatic rings. The smallest absolute Gasteiger partial charge is 0.347 e. The second-order valence-electron chi connectivity index (χ2n) is 3.79. The zero-order valence-electron chi connectivity index (χ0n) is 10.9. The minimum Gasteiger partial charge on any atom is -0.477 e.